The summed E-state index contributed by atoms with van der Waals surface area (Å²) in [4.78, 5) is 21.9. The molecule has 0 aromatic carbocycles. The predicted molar refractivity (Wildman–Crippen MR) is 63.5 cm³/mol. The average Bonchev–Trinajstić information content (AvgIpc) is 2.63. The summed E-state index contributed by atoms with van der Waals surface area (Å²) < 4.78 is 5.52. The maximum Gasteiger partial charge on any atom is 0.331 e. The van der Waals surface area contributed by atoms with E-state index in [4.69, 9.17) is 9.84 Å². The Morgan fingerprint density at radius 2 is 1.71 bits per heavy atom. The first-order chi connectivity index (χ1) is 7.77. The average molecular weight is 240 g/mol. The smallest absolute Gasteiger partial charge is 0.331 e. The van der Waals surface area contributed by atoms with Gasteiger partial charge in [-0.05, 0) is 25.7 Å². The summed E-state index contributed by atoms with van der Waals surface area (Å²) in [6, 6.07) is 0. The molecule has 0 amide bonds. The highest BCUT2D eigenvalue weighted by atomic mass is 16.6. The van der Waals surface area contributed by atoms with Crippen LogP contribution in [0.5, 0.6) is 0 Å². The minimum Gasteiger partial charge on any atom is -0.478 e. The van der Waals surface area contributed by atoms with Crippen molar-refractivity contribution in [1.29, 1.82) is 0 Å². The van der Waals surface area contributed by atoms with E-state index in [9.17, 15) is 9.59 Å². The van der Waals surface area contributed by atoms with Gasteiger partial charge in [-0.15, -0.1) is 0 Å². The summed E-state index contributed by atoms with van der Waals surface area (Å²) in [5, 5.41) is 8.45. The third-order valence-corrected chi connectivity index (χ3v) is 3.44. The molecule has 0 spiro atoms. The third kappa shape index (κ3) is 3.32. The van der Waals surface area contributed by atoms with E-state index in [0.29, 0.717) is 0 Å². The second-order valence-corrected chi connectivity index (χ2v) is 5.54. The number of carbonyl (C=O) groups excluding carboxylic acids is 1. The Kier molecular flexibility index (Phi) is 3.96. The fraction of sp³-hybridized carbons (Fsp3) is 0.692. The second kappa shape index (κ2) is 4.90. The van der Waals surface area contributed by atoms with Crippen molar-refractivity contribution in [3.8, 4) is 0 Å². The summed E-state index contributed by atoms with van der Waals surface area (Å²) in [5.41, 5.74) is -0.580. The Hall–Kier alpha value is -1.32. The molecule has 4 nitrogen and oxygen atoms in total. The third-order valence-electron chi connectivity index (χ3n) is 3.44. The number of rotatable bonds is 3. The predicted octanol–water partition coefficient (Wildman–Crippen LogP) is 2.53. The van der Waals surface area contributed by atoms with Gasteiger partial charge in [-0.2, -0.15) is 0 Å². The number of carboxylic acid groups (broad SMARTS) is 1. The van der Waals surface area contributed by atoms with Crippen LogP contribution in [0.2, 0.25) is 0 Å². The zero-order chi connectivity index (χ0) is 13.1. The van der Waals surface area contributed by atoms with Gasteiger partial charge in [0.1, 0.15) is 5.60 Å². The molecule has 0 aromatic heterocycles. The monoisotopic (exact) mass is 240 g/mol. The Balaban J connectivity index is 2.75. The Morgan fingerprint density at radius 1 is 1.18 bits per heavy atom. The van der Waals surface area contributed by atoms with Crippen molar-refractivity contribution in [3.05, 3.63) is 12.2 Å². The highest BCUT2D eigenvalue weighted by Crippen LogP contribution is 2.46. The van der Waals surface area contributed by atoms with Crippen molar-refractivity contribution < 1.29 is 19.4 Å². The van der Waals surface area contributed by atoms with E-state index in [1.54, 1.807) is 0 Å². The molecule has 0 aliphatic heterocycles. The van der Waals surface area contributed by atoms with Crippen LogP contribution in [0.15, 0.2) is 12.2 Å². The molecule has 0 saturated heterocycles. The SMILES string of the molecule is CC(C)(C)C1(OC(=O)C=CC(=O)O)CCCC1. The van der Waals surface area contributed by atoms with Crippen molar-refractivity contribution >= 4 is 11.9 Å². The molecule has 0 heterocycles. The van der Waals surface area contributed by atoms with E-state index in [1.165, 1.54) is 0 Å². The first kappa shape index (κ1) is 13.7. The van der Waals surface area contributed by atoms with Crippen molar-refractivity contribution in [1.82, 2.24) is 0 Å². The summed E-state index contributed by atoms with van der Waals surface area (Å²) in [7, 11) is 0. The maximum absolute atomic E-state index is 11.6. The van der Waals surface area contributed by atoms with Gasteiger partial charge in [-0.25, -0.2) is 9.59 Å². The summed E-state index contributed by atoms with van der Waals surface area (Å²) in [6.07, 6.45) is 5.59. The molecule has 0 atom stereocenters. The highest BCUT2D eigenvalue weighted by Gasteiger charge is 2.47. The van der Waals surface area contributed by atoms with Gasteiger partial charge in [0, 0.05) is 17.6 Å². The van der Waals surface area contributed by atoms with Gasteiger partial charge in [0.15, 0.2) is 0 Å². The lowest BCUT2D eigenvalue weighted by molar-refractivity contribution is -0.166. The van der Waals surface area contributed by atoms with Crippen molar-refractivity contribution in [2.24, 2.45) is 5.41 Å². The van der Waals surface area contributed by atoms with Crippen LogP contribution in [0, 0.1) is 5.41 Å². The van der Waals surface area contributed by atoms with E-state index < -0.39 is 17.5 Å². The number of ether oxygens (including phenoxy) is 1. The van der Waals surface area contributed by atoms with E-state index in [0.717, 1.165) is 37.8 Å². The molecule has 1 rings (SSSR count). The Morgan fingerprint density at radius 3 is 2.12 bits per heavy atom. The van der Waals surface area contributed by atoms with Crippen LogP contribution in [0.4, 0.5) is 0 Å². The zero-order valence-corrected chi connectivity index (χ0v) is 10.7. The molecule has 1 N–H and O–H groups in total. The molecule has 1 aliphatic carbocycles. The lowest BCUT2D eigenvalue weighted by Gasteiger charge is -2.40. The van der Waals surface area contributed by atoms with Crippen LogP contribution < -0.4 is 0 Å². The standard InChI is InChI=1S/C13H20O4/c1-12(2,3)13(8-4-5-9-13)17-11(16)7-6-10(14)15/h6-7H,4-5,8-9H2,1-3H3,(H,14,15). The van der Waals surface area contributed by atoms with E-state index in [-0.39, 0.29) is 5.41 Å². The van der Waals surface area contributed by atoms with Gasteiger partial charge in [0.2, 0.25) is 0 Å². The van der Waals surface area contributed by atoms with E-state index >= 15 is 0 Å². The molecule has 0 aromatic rings. The molecule has 96 valence electrons. The van der Waals surface area contributed by atoms with E-state index in [1.807, 2.05) is 20.8 Å². The second-order valence-electron chi connectivity index (χ2n) is 5.54. The van der Waals surface area contributed by atoms with Crippen LogP contribution in [0.1, 0.15) is 46.5 Å². The molecule has 1 aliphatic rings. The summed E-state index contributed by atoms with van der Waals surface area (Å²) in [6.45, 7) is 6.14. The highest BCUT2D eigenvalue weighted by molar-refractivity contribution is 5.90. The number of esters is 1. The number of hydrogen-bond acceptors (Lipinski definition) is 3. The van der Waals surface area contributed by atoms with Gasteiger partial charge in [-0.1, -0.05) is 20.8 Å². The van der Waals surface area contributed by atoms with Gasteiger partial charge < -0.3 is 9.84 Å². The van der Waals surface area contributed by atoms with Crippen molar-refractivity contribution in [2.75, 3.05) is 0 Å². The maximum atomic E-state index is 11.6. The van der Waals surface area contributed by atoms with Gasteiger partial charge in [0.05, 0.1) is 0 Å². The van der Waals surface area contributed by atoms with Crippen LogP contribution in [-0.2, 0) is 14.3 Å². The first-order valence-corrected chi connectivity index (χ1v) is 5.91. The van der Waals surface area contributed by atoms with Crippen molar-refractivity contribution in [2.45, 2.75) is 52.1 Å². The quantitative estimate of drug-likeness (QED) is 0.608. The van der Waals surface area contributed by atoms with Crippen molar-refractivity contribution in [3.63, 3.8) is 0 Å². The molecule has 4 heteroatoms. The van der Waals surface area contributed by atoms with Crippen LogP contribution in [0.25, 0.3) is 0 Å². The molecule has 0 radical (unpaired) electrons. The van der Waals surface area contributed by atoms with Gasteiger partial charge in [0.25, 0.3) is 0 Å². The topological polar surface area (TPSA) is 63.6 Å². The summed E-state index contributed by atoms with van der Waals surface area (Å²) in [5.74, 6) is -1.71. The molecule has 1 fully saturated rings. The Labute approximate surface area is 102 Å². The fourth-order valence-corrected chi connectivity index (χ4v) is 2.32. The number of aliphatic carboxylic acids is 1. The van der Waals surface area contributed by atoms with Gasteiger partial charge >= 0.3 is 11.9 Å². The number of carboxylic acids is 1. The zero-order valence-electron chi connectivity index (χ0n) is 10.7. The lowest BCUT2D eigenvalue weighted by Crippen LogP contribution is -2.44. The summed E-state index contributed by atoms with van der Waals surface area (Å²) >= 11 is 0. The minimum atomic E-state index is -1.14. The lowest BCUT2D eigenvalue weighted by atomic mass is 9.75. The minimum absolute atomic E-state index is 0.129. The number of carbonyl (C=O) groups is 2. The normalized spacial score (nSPS) is 19.5. The Bertz CT molecular complexity index is 330. The number of hydrogen-bond donors (Lipinski definition) is 1. The molecule has 1 saturated carbocycles. The molecular formula is C13H20O4. The van der Waals surface area contributed by atoms with Crippen LogP contribution in [-0.4, -0.2) is 22.6 Å². The largest absolute Gasteiger partial charge is 0.478 e. The molecule has 0 unspecified atom stereocenters. The fourth-order valence-electron chi connectivity index (χ4n) is 2.32. The molecule has 17 heavy (non-hydrogen) atoms. The molecular weight excluding hydrogens is 220 g/mol. The van der Waals surface area contributed by atoms with Gasteiger partial charge in [-0.3, -0.25) is 0 Å². The molecule has 0 bridgehead atoms. The van der Waals surface area contributed by atoms with E-state index in [2.05, 4.69) is 0 Å². The van der Waals surface area contributed by atoms with Crippen LogP contribution >= 0.6 is 0 Å². The first-order valence-electron chi connectivity index (χ1n) is 5.91. The van der Waals surface area contributed by atoms with Crippen LogP contribution in [0.3, 0.4) is 0 Å².